The number of nitrogens with one attached hydrogen (secondary N) is 2. The first-order valence-electron chi connectivity index (χ1n) is 9.00. The van der Waals surface area contributed by atoms with Crippen molar-refractivity contribution in [2.24, 2.45) is 0 Å². The molecule has 0 aliphatic carbocycles. The van der Waals surface area contributed by atoms with Crippen molar-refractivity contribution in [3.05, 3.63) is 45.3 Å². The van der Waals surface area contributed by atoms with Gasteiger partial charge >= 0.3 is 172 Å². The molecule has 0 fully saturated rings. The number of hydrogen-bond donors (Lipinski definition) is 2. The molecule has 0 saturated carbocycles. The van der Waals surface area contributed by atoms with Crippen LogP contribution in [0.5, 0.6) is 5.75 Å². The molecule has 27 heavy (non-hydrogen) atoms. The first-order valence-corrected chi connectivity index (χ1v) is 11.6. The van der Waals surface area contributed by atoms with Gasteiger partial charge in [0.05, 0.1) is 0 Å². The molecule has 1 heterocycles. The minimum absolute atomic E-state index is 0.0140. The van der Waals surface area contributed by atoms with Crippen molar-refractivity contribution in [3.8, 4) is 5.75 Å². The predicted octanol–water partition coefficient (Wildman–Crippen LogP) is 0.135. The van der Waals surface area contributed by atoms with E-state index in [0.717, 1.165) is 56.7 Å². The second kappa shape index (κ2) is 11.3. The average Bonchev–Trinajstić information content (AvgIpc) is 2.69. The predicted molar refractivity (Wildman–Crippen MR) is 104 cm³/mol. The third-order valence-electron chi connectivity index (χ3n) is 3.96. The van der Waals surface area contributed by atoms with Gasteiger partial charge in [0.15, 0.2) is 0 Å². The number of nitrogens with zero attached hydrogens (tertiary/aromatic N) is 1. The number of benzene rings is 1. The van der Waals surface area contributed by atoms with E-state index in [1.165, 1.54) is 0 Å². The number of alkyl halides is 1. The number of ether oxygens (including phenoxy) is 2. The molecule has 2 N–H and O–H groups in total. The van der Waals surface area contributed by atoms with Crippen molar-refractivity contribution in [2.75, 3.05) is 30.4 Å². The monoisotopic (exact) mass is 486 g/mol. The van der Waals surface area contributed by atoms with E-state index in [-0.39, 0.29) is 5.91 Å². The van der Waals surface area contributed by atoms with Crippen LogP contribution in [-0.2, 0) is 9.53 Å². The van der Waals surface area contributed by atoms with Crippen LogP contribution in [0.15, 0.2) is 45.3 Å². The molecule has 0 radical (unpaired) electrons. The number of carbonyl (C=O) groups is 1. The fourth-order valence-electron chi connectivity index (χ4n) is 2.65. The first kappa shape index (κ1) is 21.7. The van der Waals surface area contributed by atoms with Gasteiger partial charge in [-0.05, 0) is 0 Å². The third-order valence-corrected chi connectivity index (χ3v) is 6.55. The van der Waals surface area contributed by atoms with Gasteiger partial charge in [0.1, 0.15) is 0 Å². The van der Waals surface area contributed by atoms with Gasteiger partial charge in [0.2, 0.25) is 0 Å². The molecule has 0 saturated heterocycles. The average molecular weight is 486 g/mol. The van der Waals surface area contributed by atoms with Gasteiger partial charge in [-0.3, -0.25) is 0 Å². The molecule has 0 unspecified atom stereocenters. The number of unbranched alkanes of at least 4 members (excludes halogenated alkanes) is 1. The molecule has 7 heteroatoms. The number of halogens is 1. The van der Waals surface area contributed by atoms with E-state index in [1.54, 1.807) is 20.4 Å². The van der Waals surface area contributed by atoms with Crippen molar-refractivity contribution in [2.45, 2.75) is 33.1 Å². The Balaban J connectivity index is 2.32. The van der Waals surface area contributed by atoms with Gasteiger partial charge in [-0.2, -0.15) is 0 Å². The maximum absolute atomic E-state index is 12.8. The summed E-state index contributed by atoms with van der Waals surface area (Å²) >= 11 is -0.398. The van der Waals surface area contributed by atoms with Crippen molar-refractivity contribution in [1.82, 2.24) is 10.7 Å². The summed E-state index contributed by atoms with van der Waals surface area (Å²) in [5.74, 6) is 0.809. The second-order valence-corrected chi connectivity index (χ2v) is 8.97. The topological polar surface area (TPSA) is 62.8 Å². The second-order valence-electron chi connectivity index (χ2n) is 6.37. The van der Waals surface area contributed by atoms with Gasteiger partial charge in [0.25, 0.3) is 0 Å². The van der Waals surface area contributed by atoms with E-state index >= 15 is 0 Å². The third kappa shape index (κ3) is 6.51. The molecule has 150 valence electrons. The molecule has 0 aromatic heterocycles. The molecule has 1 aliphatic rings. The number of methoxy groups -OCH3 is 2. The fourth-order valence-corrected chi connectivity index (χ4v) is 5.00. The van der Waals surface area contributed by atoms with Crippen molar-refractivity contribution >= 4 is 11.6 Å². The first-order chi connectivity index (χ1) is 13.1. The number of allylic oxidation sites excluding steroid dienone is 2. The summed E-state index contributed by atoms with van der Waals surface area (Å²) in [6, 6.07) is 7.90. The summed E-state index contributed by atoms with van der Waals surface area (Å²) < 4.78 is 12.3. The molecule has 6 nitrogen and oxygen atoms in total. The van der Waals surface area contributed by atoms with Gasteiger partial charge < -0.3 is 0 Å². The maximum atomic E-state index is 12.8. The summed E-state index contributed by atoms with van der Waals surface area (Å²) in [6.07, 6.45) is 4.53. The van der Waals surface area contributed by atoms with E-state index in [4.69, 9.17) is 9.47 Å². The summed E-state index contributed by atoms with van der Waals surface area (Å²) in [5.41, 5.74) is 6.57. The van der Waals surface area contributed by atoms with E-state index < -0.39 is 21.2 Å². The Bertz CT molecular complexity index is 699. The Morgan fingerprint density at radius 1 is 1.33 bits per heavy atom. The van der Waals surface area contributed by atoms with Gasteiger partial charge in [-0.25, -0.2) is 0 Å². The van der Waals surface area contributed by atoms with E-state index in [9.17, 15) is 4.79 Å². The molecule has 0 bridgehead atoms. The van der Waals surface area contributed by atoms with Crippen LogP contribution in [0.2, 0.25) is 0 Å². The molecule has 1 aromatic rings. The number of amides is 1. The molecule has 1 aliphatic heterocycles. The molecule has 0 spiro atoms. The Labute approximate surface area is 172 Å². The van der Waals surface area contributed by atoms with Crippen LogP contribution in [0.4, 0.5) is 5.69 Å². The number of hydrogen-bond acceptors (Lipinski definition) is 5. The van der Waals surface area contributed by atoms with Crippen molar-refractivity contribution < 1.29 is 35.5 Å². The number of carbonyl (C=O) groups excluding carboxylic acids is 1. The van der Waals surface area contributed by atoms with Crippen LogP contribution in [0, 0.1) is 0 Å². The van der Waals surface area contributed by atoms with E-state index in [0.29, 0.717) is 0 Å². The minimum atomic E-state index is -0.398. The Kier molecular flexibility index (Phi) is 9.09. The summed E-state index contributed by atoms with van der Waals surface area (Å²) in [4.78, 5) is 12.8. The number of anilines is 1. The zero-order valence-electron chi connectivity index (χ0n) is 16.5. The van der Waals surface area contributed by atoms with Crippen LogP contribution in [-0.4, -0.2) is 31.3 Å². The molecule has 0 atom stereocenters. The van der Waals surface area contributed by atoms with Gasteiger partial charge in [-0.1, -0.05) is 0 Å². The number of hydrazine groups is 1. The molecular formula is C20H29IN3O3-. The Morgan fingerprint density at radius 2 is 2.15 bits per heavy atom. The van der Waals surface area contributed by atoms with E-state index in [1.807, 2.05) is 38.1 Å². The Hall–Kier alpha value is -1.58. The quantitative estimate of drug-likeness (QED) is 0.225. The van der Waals surface area contributed by atoms with Crippen LogP contribution in [0.3, 0.4) is 0 Å². The normalized spacial score (nSPS) is 14.4. The summed E-state index contributed by atoms with van der Waals surface area (Å²) in [6.45, 7) is 4.68. The molecule has 1 aromatic carbocycles. The standard InChI is InChI=1S/C20H29IN3O3/c1-15(2)13-22-20(25)19-18(10-5-6-11-26-3)24(23-14-21-19)16-8-7-9-17(12-16)27-4/h7-9,12-13,23H,5-6,10-11,14H2,1-4H3,(H,22,25)/q-1. The van der Waals surface area contributed by atoms with Crippen LogP contribution in [0.25, 0.3) is 0 Å². The van der Waals surface area contributed by atoms with Crippen LogP contribution in [0.1, 0.15) is 33.1 Å². The number of rotatable bonds is 9. The van der Waals surface area contributed by atoms with Crippen molar-refractivity contribution in [1.29, 1.82) is 0 Å². The molecule has 2 rings (SSSR count). The zero-order valence-corrected chi connectivity index (χ0v) is 18.6. The van der Waals surface area contributed by atoms with Crippen LogP contribution >= 0.6 is 0 Å². The zero-order chi connectivity index (χ0) is 19.6. The SMILES string of the molecule is COCCCCC1=C(C(=O)NC=C(C)C)[I-]CNN1c1cccc(OC)c1. The molecular weight excluding hydrogens is 457 g/mol. The van der Waals surface area contributed by atoms with Crippen molar-refractivity contribution in [3.63, 3.8) is 0 Å². The van der Waals surface area contributed by atoms with Gasteiger partial charge in [0, 0.05) is 0 Å². The summed E-state index contributed by atoms with van der Waals surface area (Å²) in [7, 11) is 3.38. The molecule has 1 amide bonds. The fraction of sp³-hybridized carbons (Fsp3) is 0.450. The Morgan fingerprint density at radius 3 is 2.85 bits per heavy atom. The van der Waals surface area contributed by atoms with Crippen LogP contribution < -0.4 is 41.7 Å². The van der Waals surface area contributed by atoms with E-state index in [2.05, 4.69) is 15.8 Å². The van der Waals surface area contributed by atoms with Gasteiger partial charge in [-0.15, -0.1) is 0 Å². The summed E-state index contributed by atoms with van der Waals surface area (Å²) in [5, 5.41) is 4.99.